The van der Waals surface area contributed by atoms with Crippen LogP contribution < -0.4 is 0 Å². The standard InChI is InChI=1S/C8H16N.C3H5NO/c1-5-7-9(3,4)8-6-2;1-2-3(4)5/h5-6H,1-2,7-8H2,3-4H3;2H,1H2,(H2,4,5)/q+1;/p-1. The number of nitrogens with zero attached hydrogens (tertiary/aromatic N) is 1. The zero-order valence-corrected chi connectivity index (χ0v) is 9.12. The topological polar surface area (TPSA) is 40.9 Å². The Balaban J connectivity index is 0. The highest BCUT2D eigenvalue weighted by Crippen LogP contribution is 1.95. The summed E-state index contributed by atoms with van der Waals surface area (Å²) in [7, 11) is 4.31. The van der Waals surface area contributed by atoms with Crippen molar-refractivity contribution in [2.75, 3.05) is 27.2 Å². The second kappa shape index (κ2) is 8.26. The molecule has 0 spiro atoms. The summed E-state index contributed by atoms with van der Waals surface area (Å²) in [4.78, 5) is 9.36. The fourth-order valence-electron chi connectivity index (χ4n) is 0.774. The van der Waals surface area contributed by atoms with Gasteiger partial charge >= 0.3 is 0 Å². The largest absolute Gasteiger partial charge is 0.664 e. The van der Waals surface area contributed by atoms with E-state index in [4.69, 9.17) is 5.73 Å². The SMILES string of the molecule is C=CC([NH-])=O.C=CC[N+](C)(C)CC=C. The molecule has 0 aliphatic carbocycles. The average molecular weight is 196 g/mol. The van der Waals surface area contributed by atoms with Crippen molar-refractivity contribution in [3.8, 4) is 0 Å². The molecule has 0 aromatic heterocycles. The number of hydrogen-bond acceptors (Lipinski definition) is 1. The van der Waals surface area contributed by atoms with Crippen LogP contribution in [0.25, 0.3) is 5.73 Å². The molecule has 3 nitrogen and oxygen atoms in total. The van der Waals surface area contributed by atoms with Gasteiger partial charge in [-0.3, -0.25) is 0 Å². The zero-order chi connectivity index (χ0) is 11.6. The molecule has 1 amide bonds. The minimum atomic E-state index is -0.731. The van der Waals surface area contributed by atoms with Crippen molar-refractivity contribution in [1.29, 1.82) is 0 Å². The van der Waals surface area contributed by atoms with E-state index < -0.39 is 5.91 Å². The first-order valence-electron chi connectivity index (χ1n) is 4.31. The van der Waals surface area contributed by atoms with Gasteiger partial charge in [-0.15, -0.1) is 0 Å². The van der Waals surface area contributed by atoms with Crippen LogP contribution in [0.2, 0.25) is 0 Å². The van der Waals surface area contributed by atoms with Crippen LogP contribution >= 0.6 is 0 Å². The van der Waals surface area contributed by atoms with Gasteiger partial charge in [-0.2, -0.15) is 0 Å². The molecule has 0 rings (SSSR count). The fraction of sp³-hybridized carbons (Fsp3) is 0.364. The molecule has 0 fully saturated rings. The van der Waals surface area contributed by atoms with Crippen molar-refractivity contribution in [2.24, 2.45) is 0 Å². The molecule has 0 atom stereocenters. The Morgan fingerprint density at radius 1 is 1.21 bits per heavy atom. The molecule has 0 aromatic rings. The lowest BCUT2D eigenvalue weighted by molar-refractivity contribution is -0.878. The number of likely N-dealkylation sites (N-methyl/N-ethyl adjacent to an activating group) is 1. The third-order valence-corrected chi connectivity index (χ3v) is 1.43. The minimum absolute atomic E-state index is 0.731. The van der Waals surface area contributed by atoms with E-state index in [0.717, 1.165) is 23.6 Å². The van der Waals surface area contributed by atoms with E-state index in [1.165, 1.54) is 0 Å². The molecule has 0 heterocycles. The van der Waals surface area contributed by atoms with Gasteiger partial charge in [0, 0.05) is 0 Å². The van der Waals surface area contributed by atoms with Crippen LogP contribution in [-0.4, -0.2) is 37.6 Å². The number of nitrogens with one attached hydrogen (secondary N) is 1. The smallest absolute Gasteiger partial charge is 0.0969 e. The van der Waals surface area contributed by atoms with E-state index in [1.54, 1.807) is 0 Å². The summed E-state index contributed by atoms with van der Waals surface area (Å²) in [5.41, 5.74) is 6.07. The van der Waals surface area contributed by atoms with Crippen LogP contribution in [0.5, 0.6) is 0 Å². The van der Waals surface area contributed by atoms with Gasteiger partial charge in [-0.05, 0) is 18.2 Å². The van der Waals surface area contributed by atoms with Crippen molar-refractivity contribution < 1.29 is 9.28 Å². The summed E-state index contributed by atoms with van der Waals surface area (Å²) in [6.45, 7) is 12.4. The molecule has 0 unspecified atom stereocenters. The van der Waals surface area contributed by atoms with Crippen LogP contribution in [0.1, 0.15) is 0 Å². The second-order valence-electron chi connectivity index (χ2n) is 3.45. The highest BCUT2D eigenvalue weighted by molar-refractivity contribution is 5.93. The minimum Gasteiger partial charge on any atom is -0.664 e. The predicted molar refractivity (Wildman–Crippen MR) is 61.8 cm³/mol. The highest BCUT2D eigenvalue weighted by Gasteiger charge is 2.07. The molecule has 0 aromatic carbocycles. The normalized spacial score (nSPS) is 9.29. The first kappa shape index (κ1) is 15.1. The van der Waals surface area contributed by atoms with E-state index in [1.807, 2.05) is 12.2 Å². The van der Waals surface area contributed by atoms with Gasteiger partial charge in [0.05, 0.1) is 33.1 Å². The lowest BCUT2D eigenvalue weighted by Crippen LogP contribution is -2.39. The monoisotopic (exact) mass is 196 g/mol. The Morgan fingerprint density at radius 2 is 1.50 bits per heavy atom. The molecule has 0 saturated carbocycles. The van der Waals surface area contributed by atoms with Crippen LogP contribution in [0, 0.1) is 0 Å². The maximum absolute atomic E-state index is 9.36. The van der Waals surface area contributed by atoms with E-state index >= 15 is 0 Å². The summed E-state index contributed by atoms with van der Waals surface area (Å²) >= 11 is 0. The fourth-order valence-corrected chi connectivity index (χ4v) is 0.774. The summed E-state index contributed by atoms with van der Waals surface area (Å²) in [5, 5.41) is 0. The summed E-state index contributed by atoms with van der Waals surface area (Å²) < 4.78 is 0.951. The van der Waals surface area contributed by atoms with Crippen molar-refractivity contribution in [1.82, 2.24) is 0 Å². The quantitative estimate of drug-likeness (QED) is 0.377. The van der Waals surface area contributed by atoms with E-state index in [2.05, 4.69) is 33.8 Å². The molecule has 0 bridgehead atoms. The molecule has 14 heavy (non-hydrogen) atoms. The lowest BCUT2D eigenvalue weighted by Gasteiger charge is -2.26. The second-order valence-corrected chi connectivity index (χ2v) is 3.45. The lowest BCUT2D eigenvalue weighted by atomic mass is 10.4. The van der Waals surface area contributed by atoms with Gasteiger partial charge in [0.25, 0.3) is 0 Å². The first-order chi connectivity index (χ1) is 6.39. The summed E-state index contributed by atoms with van der Waals surface area (Å²) in [5.74, 6) is -0.731. The zero-order valence-electron chi connectivity index (χ0n) is 9.12. The molecule has 0 saturated heterocycles. The Labute approximate surface area is 86.8 Å². The van der Waals surface area contributed by atoms with Gasteiger partial charge < -0.3 is 15.0 Å². The van der Waals surface area contributed by atoms with Gasteiger partial charge in [-0.25, -0.2) is 0 Å². The first-order valence-corrected chi connectivity index (χ1v) is 4.31. The van der Waals surface area contributed by atoms with Crippen LogP contribution in [0.3, 0.4) is 0 Å². The Morgan fingerprint density at radius 3 is 1.64 bits per heavy atom. The Bertz CT molecular complexity index is 195. The molecular formula is C11H20N2O. The Kier molecular flexibility index (Phi) is 8.93. The Hall–Kier alpha value is -1.35. The van der Waals surface area contributed by atoms with Crippen LogP contribution in [0.4, 0.5) is 0 Å². The highest BCUT2D eigenvalue weighted by atomic mass is 16.1. The maximum Gasteiger partial charge on any atom is 0.0969 e. The predicted octanol–water partition coefficient (Wildman–Crippen LogP) is 2.19. The number of quaternary nitrogens is 1. The third-order valence-electron chi connectivity index (χ3n) is 1.43. The van der Waals surface area contributed by atoms with Gasteiger partial charge in [0.2, 0.25) is 0 Å². The van der Waals surface area contributed by atoms with E-state index in [0.29, 0.717) is 0 Å². The van der Waals surface area contributed by atoms with E-state index in [-0.39, 0.29) is 0 Å². The van der Waals surface area contributed by atoms with Crippen LogP contribution in [-0.2, 0) is 4.79 Å². The maximum atomic E-state index is 9.36. The van der Waals surface area contributed by atoms with Crippen molar-refractivity contribution >= 4 is 5.91 Å². The van der Waals surface area contributed by atoms with Crippen molar-refractivity contribution in [3.63, 3.8) is 0 Å². The summed E-state index contributed by atoms with van der Waals surface area (Å²) in [6, 6.07) is 0. The molecule has 3 heteroatoms. The number of amides is 1. The number of carbonyl (C=O) groups is 1. The number of rotatable bonds is 5. The molecule has 0 radical (unpaired) electrons. The van der Waals surface area contributed by atoms with Gasteiger partial charge in [0.15, 0.2) is 0 Å². The average Bonchev–Trinajstić information content (AvgIpc) is 2.05. The molecule has 80 valence electrons. The number of carbonyl (C=O) groups excluding carboxylic acids is 1. The van der Waals surface area contributed by atoms with E-state index in [9.17, 15) is 4.79 Å². The van der Waals surface area contributed by atoms with Crippen molar-refractivity contribution in [2.45, 2.75) is 0 Å². The molecular weight excluding hydrogens is 176 g/mol. The summed E-state index contributed by atoms with van der Waals surface area (Å²) in [6.07, 6.45) is 4.81. The van der Waals surface area contributed by atoms with Gasteiger partial charge in [-0.1, -0.05) is 19.7 Å². The van der Waals surface area contributed by atoms with Crippen molar-refractivity contribution in [3.05, 3.63) is 43.7 Å². The molecule has 0 aliphatic rings. The number of hydrogen-bond donors (Lipinski definition) is 0. The third kappa shape index (κ3) is 13.3. The molecule has 1 N–H and O–H groups in total. The van der Waals surface area contributed by atoms with Gasteiger partial charge in [0.1, 0.15) is 0 Å². The molecule has 0 aliphatic heterocycles. The van der Waals surface area contributed by atoms with Crippen LogP contribution in [0.15, 0.2) is 38.0 Å².